The number of para-hydroxylation sites is 1. The van der Waals surface area contributed by atoms with E-state index >= 15 is 0 Å². The van der Waals surface area contributed by atoms with Crippen LogP contribution in [0, 0.1) is 6.92 Å². The maximum Gasteiger partial charge on any atom is 0.191 e. The predicted octanol–water partition coefficient (Wildman–Crippen LogP) is 6.82. The number of halogens is 1. The molecule has 2 aromatic carbocycles. The van der Waals surface area contributed by atoms with Crippen LogP contribution >= 0.6 is 34.7 Å². The van der Waals surface area contributed by atoms with E-state index < -0.39 is 0 Å². The quantitative estimate of drug-likeness (QED) is 0.264. The number of ether oxygens (including phenoxy) is 1. The molecule has 0 spiro atoms. The summed E-state index contributed by atoms with van der Waals surface area (Å²) in [7, 11) is 0. The zero-order chi connectivity index (χ0) is 21.8. The second-order valence-electron chi connectivity index (χ2n) is 7.07. The van der Waals surface area contributed by atoms with Gasteiger partial charge in [0.1, 0.15) is 10.8 Å². The topological polar surface area (TPSA) is 52.8 Å². The highest BCUT2D eigenvalue weighted by molar-refractivity contribution is 7.98. The van der Waals surface area contributed by atoms with Gasteiger partial charge in [-0.25, -0.2) is 4.98 Å². The molecule has 0 radical (unpaired) electrons. The molecule has 0 saturated carbocycles. The molecule has 0 aliphatic carbocycles. The van der Waals surface area contributed by atoms with Crippen LogP contribution in [0.5, 0.6) is 5.75 Å². The highest BCUT2D eigenvalue weighted by Gasteiger charge is 2.20. The Morgan fingerprint density at radius 2 is 1.90 bits per heavy atom. The van der Waals surface area contributed by atoms with Crippen LogP contribution in [0.4, 0.5) is 0 Å². The molecule has 4 rings (SSSR count). The maximum atomic E-state index is 6.23. The van der Waals surface area contributed by atoms with E-state index in [4.69, 9.17) is 21.3 Å². The van der Waals surface area contributed by atoms with Crippen molar-refractivity contribution in [1.82, 2.24) is 19.7 Å². The summed E-state index contributed by atoms with van der Waals surface area (Å²) < 4.78 is 8.12. The number of rotatable bonds is 8. The van der Waals surface area contributed by atoms with Crippen molar-refractivity contribution in [3.63, 3.8) is 0 Å². The highest BCUT2D eigenvalue weighted by Crippen LogP contribution is 2.31. The molecule has 5 nitrogen and oxygen atoms in total. The van der Waals surface area contributed by atoms with Crippen LogP contribution in [0.15, 0.2) is 59.1 Å². The van der Waals surface area contributed by atoms with Crippen molar-refractivity contribution in [2.75, 3.05) is 0 Å². The van der Waals surface area contributed by atoms with Gasteiger partial charge >= 0.3 is 0 Å². The van der Waals surface area contributed by atoms with Gasteiger partial charge in [0.2, 0.25) is 0 Å². The lowest BCUT2D eigenvalue weighted by Gasteiger charge is -2.16. The van der Waals surface area contributed by atoms with Crippen LogP contribution in [-0.2, 0) is 12.3 Å². The molecule has 1 unspecified atom stereocenters. The van der Waals surface area contributed by atoms with Crippen molar-refractivity contribution < 1.29 is 4.74 Å². The largest absolute Gasteiger partial charge is 0.481 e. The van der Waals surface area contributed by atoms with Crippen molar-refractivity contribution in [3.8, 4) is 16.3 Å². The fraction of sp³-hybridized carbons (Fsp3) is 0.261. The van der Waals surface area contributed by atoms with Crippen molar-refractivity contribution in [1.29, 1.82) is 0 Å². The van der Waals surface area contributed by atoms with Gasteiger partial charge in [-0.3, -0.25) is 0 Å². The summed E-state index contributed by atoms with van der Waals surface area (Å²) in [6.45, 7) is 6.89. The minimum Gasteiger partial charge on any atom is -0.481 e. The third-order valence-corrected chi connectivity index (χ3v) is 7.02. The van der Waals surface area contributed by atoms with E-state index in [0.29, 0.717) is 10.8 Å². The predicted molar refractivity (Wildman–Crippen MR) is 128 cm³/mol. The number of aromatic nitrogens is 4. The van der Waals surface area contributed by atoms with Crippen molar-refractivity contribution >= 4 is 34.7 Å². The van der Waals surface area contributed by atoms with E-state index in [9.17, 15) is 0 Å². The highest BCUT2D eigenvalue weighted by atomic mass is 35.5. The van der Waals surface area contributed by atoms with Gasteiger partial charge in [0, 0.05) is 23.2 Å². The van der Waals surface area contributed by atoms with Gasteiger partial charge in [-0.1, -0.05) is 65.3 Å². The summed E-state index contributed by atoms with van der Waals surface area (Å²) in [5.41, 5.74) is 3.44. The Kier molecular flexibility index (Phi) is 6.95. The monoisotopic (exact) mass is 470 g/mol. The molecule has 1 atom stereocenters. The Bertz CT molecular complexity index is 1160. The summed E-state index contributed by atoms with van der Waals surface area (Å²) in [5, 5.41) is 13.4. The fourth-order valence-corrected chi connectivity index (χ4v) is 5.14. The molecule has 0 aliphatic rings. The Balaban J connectivity index is 1.44. The minimum atomic E-state index is -0.269. The summed E-state index contributed by atoms with van der Waals surface area (Å²) in [4.78, 5) is 4.79. The molecule has 0 N–H and O–H groups in total. The summed E-state index contributed by atoms with van der Waals surface area (Å²) in [5.74, 6) is 2.16. The summed E-state index contributed by atoms with van der Waals surface area (Å²) in [6, 6.07) is 15.9. The number of hydrogen-bond acceptors (Lipinski definition) is 6. The molecule has 160 valence electrons. The van der Waals surface area contributed by atoms with Crippen molar-refractivity contribution in [3.05, 3.63) is 76.0 Å². The van der Waals surface area contributed by atoms with E-state index in [-0.39, 0.29) is 6.10 Å². The molecule has 0 aliphatic heterocycles. The SMILES string of the molecule is CCn1c(SCc2csc(-c3ccc(C)cc3)n2)nnc1C(C)Oc1ccccc1Cl. The number of benzene rings is 2. The van der Waals surface area contributed by atoms with Crippen LogP contribution < -0.4 is 4.74 Å². The Labute approximate surface area is 195 Å². The lowest BCUT2D eigenvalue weighted by Crippen LogP contribution is -2.12. The van der Waals surface area contributed by atoms with Crippen molar-refractivity contribution in [2.45, 2.75) is 44.3 Å². The van der Waals surface area contributed by atoms with E-state index in [0.717, 1.165) is 39.5 Å². The average molecular weight is 471 g/mol. The molecule has 0 amide bonds. The summed E-state index contributed by atoms with van der Waals surface area (Å²) >= 11 is 9.53. The lowest BCUT2D eigenvalue weighted by molar-refractivity contribution is 0.210. The molecule has 0 saturated heterocycles. The minimum absolute atomic E-state index is 0.269. The third-order valence-electron chi connectivity index (χ3n) is 4.77. The average Bonchev–Trinajstić information content (AvgIpc) is 3.41. The molecule has 4 aromatic rings. The molecular formula is C23H23ClN4OS2. The van der Waals surface area contributed by atoms with Crippen LogP contribution in [0.2, 0.25) is 5.02 Å². The van der Waals surface area contributed by atoms with Gasteiger partial charge in [-0.05, 0) is 32.9 Å². The van der Waals surface area contributed by atoms with Gasteiger partial charge in [0.25, 0.3) is 0 Å². The number of thioether (sulfide) groups is 1. The van der Waals surface area contributed by atoms with Gasteiger partial charge in [0.15, 0.2) is 17.1 Å². The van der Waals surface area contributed by atoms with Gasteiger partial charge < -0.3 is 9.30 Å². The second kappa shape index (κ2) is 9.85. The first kappa shape index (κ1) is 21.9. The number of nitrogens with zero attached hydrogens (tertiary/aromatic N) is 4. The van der Waals surface area contributed by atoms with Crippen LogP contribution in [0.1, 0.15) is 37.0 Å². The first-order valence-electron chi connectivity index (χ1n) is 10.0. The molecule has 0 bridgehead atoms. The van der Waals surface area contributed by atoms with Crippen LogP contribution in [0.3, 0.4) is 0 Å². The van der Waals surface area contributed by atoms with E-state index in [1.807, 2.05) is 31.2 Å². The van der Waals surface area contributed by atoms with E-state index in [1.54, 1.807) is 23.1 Å². The fourth-order valence-electron chi connectivity index (χ4n) is 3.13. The first-order chi connectivity index (χ1) is 15.0. The smallest absolute Gasteiger partial charge is 0.191 e. The second-order valence-corrected chi connectivity index (χ2v) is 9.28. The third kappa shape index (κ3) is 5.11. The number of thiazole rings is 1. The molecule has 2 aromatic heterocycles. The standard InChI is InChI=1S/C23H23ClN4OS2/c1-4-28-21(16(3)29-20-8-6-5-7-19(20)24)26-27-23(28)31-14-18-13-30-22(25-18)17-11-9-15(2)10-12-17/h5-13,16H,4,14H2,1-3H3. The Hall–Kier alpha value is -2.35. The Morgan fingerprint density at radius 3 is 2.65 bits per heavy atom. The zero-order valence-electron chi connectivity index (χ0n) is 17.6. The molecule has 2 heterocycles. The van der Waals surface area contributed by atoms with Crippen molar-refractivity contribution in [2.24, 2.45) is 0 Å². The van der Waals surface area contributed by atoms with Gasteiger partial charge in [-0.2, -0.15) is 0 Å². The first-order valence-corrected chi connectivity index (χ1v) is 12.3. The zero-order valence-corrected chi connectivity index (χ0v) is 20.0. The normalized spacial score (nSPS) is 12.1. The number of hydrogen-bond donors (Lipinski definition) is 0. The number of aryl methyl sites for hydroxylation is 1. The van der Waals surface area contributed by atoms with Gasteiger partial charge in [0.05, 0.1) is 10.7 Å². The Morgan fingerprint density at radius 1 is 1.13 bits per heavy atom. The molecule has 0 fully saturated rings. The van der Waals surface area contributed by atoms with E-state index in [1.165, 1.54) is 5.56 Å². The summed E-state index contributed by atoms with van der Waals surface area (Å²) in [6.07, 6.45) is -0.269. The maximum absolute atomic E-state index is 6.23. The van der Waals surface area contributed by atoms with E-state index in [2.05, 4.69) is 58.3 Å². The van der Waals surface area contributed by atoms with Crippen LogP contribution in [0.25, 0.3) is 10.6 Å². The molecule has 31 heavy (non-hydrogen) atoms. The molecular weight excluding hydrogens is 448 g/mol. The molecule has 8 heteroatoms. The van der Waals surface area contributed by atoms with Gasteiger partial charge in [-0.15, -0.1) is 21.5 Å². The lowest BCUT2D eigenvalue weighted by atomic mass is 10.2. The van der Waals surface area contributed by atoms with Crippen LogP contribution in [-0.4, -0.2) is 19.7 Å².